The minimum atomic E-state index is -0.923. The number of fused-ring (bicyclic) bond motifs is 3. The van der Waals surface area contributed by atoms with E-state index >= 15 is 0 Å². The monoisotopic (exact) mass is 348 g/mol. The van der Waals surface area contributed by atoms with Gasteiger partial charge in [0, 0.05) is 12.3 Å². The van der Waals surface area contributed by atoms with Gasteiger partial charge in [-0.3, -0.25) is 9.59 Å². The molecule has 0 aromatic rings. The van der Waals surface area contributed by atoms with Gasteiger partial charge in [-0.1, -0.05) is 27.2 Å². The molecule has 2 saturated carbocycles. The van der Waals surface area contributed by atoms with Gasteiger partial charge in [0.2, 0.25) is 0 Å². The Morgan fingerprint density at radius 3 is 2.52 bits per heavy atom. The molecule has 1 N–H and O–H groups in total. The molecule has 5 atom stereocenters. The lowest BCUT2D eigenvalue weighted by molar-refractivity contribution is -0.189. The van der Waals surface area contributed by atoms with Crippen LogP contribution >= 0.6 is 0 Å². The highest BCUT2D eigenvalue weighted by Gasteiger charge is 2.63. The minimum absolute atomic E-state index is 0.113. The molecule has 0 bridgehead atoms. The Labute approximate surface area is 151 Å². The van der Waals surface area contributed by atoms with Gasteiger partial charge < -0.3 is 9.84 Å². The number of carbonyl (C=O) groups is 2. The van der Waals surface area contributed by atoms with Crippen LogP contribution in [0.5, 0.6) is 0 Å². The van der Waals surface area contributed by atoms with Gasteiger partial charge in [-0.2, -0.15) is 0 Å². The first kappa shape index (κ1) is 18.6. The SMILES string of the molecule is COC(=O)[C@]1(C)CCC[C@@]2(C)[C@H]1CC[C@]1(O)C=C(C(C)C)C(=O)C[C@@H]21. The summed E-state index contributed by atoms with van der Waals surface area (Å²) in [6, 6.07) is 0. The van der Waals surface area contributed by atoms with Gasteiger partial charge in [-0.05, 0) is 61.5 Å². The number of hydrogen-bond acceptors (Lipinski definition) is 4. The van der Waals surface area contributed by atoms with Crippen molar-refractivity contribution in [3.05, 3.63) is 11.6 Å². The van der Waals surface area contributed by atoms with Gasteiger partial charge in [0.25, 0.3) is 0 Å². The quantitative estimate of drug-likeness (QED) is 0.774. The average Bonchev–Trinajstić information content (AvgIpc) is 2.54. The number of esters is 1. The molecular weight excluding hydrogens is 316 g/mol. The standard InChI is InChI=1S/C21H32O4/c1-13(2)14-12-21(24)10-7-16-19(3,17(21)11-15(14)22)8-6-9-20(16,4)18(23)25-5/h12-13,16-17,24H,6-11H2,1-5H3/t16-,17+,19+,20-,21+/m1/s1. The van der Waals surface area contributed by atoms with Crippen LogP contribution in [0.25, 0.3) is 0 Å². The third kappa shape index (κ3) is 2.59. The lowest BCUT2D eigenvalue weighted by Gasteiger charge is -2.61. The molecule has 0 unspecified atom stereocenters. The predicted molar refractivity (Wildman–Crippen MR) is 95.8 cm³/mol. The first-order valence-electron chi connectivity index (χ1n) is 9.65. The van der Waals surface area contributed by atoms with E-state index in [9.17, 15) is 14.7 Å². The number of hydrogen-bond donors (Lipinski definition) is 1. The van der Waals surface area contributed by atoms with Crippen molar-refractivity contribution in [2.45, 2.75) is 71.8 Å². The molecule has 4 heteroatoms. The van der Waals surface area contributed by atoms with Crippen molar-refractivity contribution < 1.29 is 19.4 Å². The number of Topliss-reactive ketones (excluding diaryl/α,β-unsaturated/α-hetero) is 1. The predicted octanol–water partition coefficient (Wildman–Crippen LogP) is 3.67. The molecule has 140 valence electrons. The Morgan fingerprint density at radius 2 is 1.92 bits per heavy atom. The first-order valence-corrected chi connectivity index (χ1v) is 9.65. The second-order valence-electron chi connectivity index (χ2n) is 9.29. The van der Waals surface area contributed by atoms with Gasteiger partial charge in [0.05, 0.1) is 18.1 Å². The highest BCUT2D eigenvalue weighted by molar-refractivity contribution is 5.97. The van der Waals surface area contributed by atoms with Crippen molar-refractivity contribution in [1.82, 2.24) is 0 Å². The number of methoxy groups -OCH3 is 1. The van der Waals surface area contributed by atoms with Crippen molar-refractivity contribution in [2.24, 2.45) is 28.6 Å². The molecule has 0 radical (unpaired) electrons. The molecule has 3 aliphatic rings. The average molecular weight is 348 g/mol. The zero-order valence-electron chi connectivity index (χ0n) is 16.2. The van der Waals surface area contributed by atoms with Gasteiger partial charge in [0.1, 0.15) is 0 Å². The fraction of sp³-hybridized carbons (Fsp3) is 0.810. The highest BCUT2D eigenvalue weighted by Crippen LogP contribution is 2.64. The van der Waals surface area contributed by atoms with Crippen LogP contribution in [0.1, 0.15) is 66.2 Å². The van der Waals surface area contributed by atoms with Crippen molar-refractivity contribution in [3.8, 4) is 0 Å². The van der Waals surface area contributed by atoms with E-state index in [-0.39, 0.29) is 34.9 Å². The lowest BCUT2D eigenvalue weighted by atomic mass is 9.43. The topological polar surface area (TPSA) is 63.6 Å². The van der Waals surface area contributed by atoms with E-state index in [1.807, 2.05) is 26.8 Å². The Morgan fingerprint density at radius 1 is 1.24 bits per heavy atom. The molecule has 0 aromatic heterocycles. The van der Waals surface area contributed by atoms with Gasteiger partial charge in [-0.25, -0.2) is 0 Å². The van der Waals surface area contributed by atoms with Crippen LogP contribution in [0, 0.1) is 28.6 Å². The summed E-state index contributed by atoms with van der Waals surface area (Å²) >= 11 is 0. The molecule has 0 aromatic carbocycles. The number of ether oxygens (including phenoxy) is 1. The number of ketones is 1. The van der Waals surface area contributed by atoms with E-state index < -0.39 is 11.0 Å². The number of carbonyl (C=O) groups excluding carboxylic acids is 2. The van der Waals surface area contributed by atoms with Crippen LogP contribution in [0.4, 0.5) is 0 Å². The molecule has 25 heavy (non-hydrogen) atoms. The van der Waals surface area contributed by atoms with E-state index in [1.165, 1.54) is 7.11 Å². The van der Waals surface area contributed by atoms with E-state index in [4.69, 9.17) is 4.74 Å². The molecule has 3 rings (SSSR count). The fourth-order valence-corrected chi connectivity index (χ4v) is 6.30. The van der Waals surface area contributed by atoms with Crippen LogP contribution in [0.15, 0.2) is 11.6 Å². The summed E-state index contributed by atoms with van der Waals surface area (Å²) in [4.78, 5) is 25.3. The molecule has 0 heterocycles. The van der Waals surface area contributed by atoms with Crippen LogP contribution in [-0.4, -0.2) is 29.6 Å². The molecular formula is C21H32O4. The summed E-state index contributed by atoms with van der Waals surface area (Å²) in [5, 5.41) is 11.5. The number of rotatable bonds is 2. The van der Waals surface area contributed by atoms with Crippen molar-refractivity contribution >= 4 is 11.8 Å². The largest absolute Gasteiger partial charge is 0.469 e. The molecule has 0 amide bonds. The van der Waals surface area contributed by atoms with Crippen LogP contribution in [0.3, 0.4) is 0 Å². The summed E-state index contributed by atoms with van der Waals surface area (Å²) in [6.45, 7) is 8.23. The third-order valence-electron chi connectivity index (χ3n) is 7.60. The molecule has 0 spiro atoms. The van der Waals surface area contributed by atoms with Crippen LogP contribution < -0.4 is 0 Å². The summed E-state index contributed by atoms with van der Waals surface area (Å²) in [7, 11) is 1.46. The number of allylic oxidation sites excluding steroid dienone is 1. The highest BCUT2D eigenvalue weighted by atomic mass is 16.5. The second kappa shape index (κ2) is 5.94. The van der Waals surface area contributed by atoms with Crippen LogP contribution in [0.2, 0.25) is 0 Å². The summed E-state index contributed by atoms with van der Waals surface area (Å²) in [5.74, 6) is 0.187. The molecule has 4 nitrogen and oxygen atoms in total. The Bertz CT molecular complexity index is 621. The maximum Gasteiger partial charge on any atom is 0.311 e. The maximum absolute atomic E-state index is 12.7. The zero-order chi connectivity index (χ0) is 18.6. The van der Waals surface area contributed by atoms with E-state index in [0.717, 1.165) is 31.3 Å². The second-order valence-corrected chi connectivity index (χ2v) is 9.29. The molecule has 3 aliphatic carbocycles. The smallest absolute Gasteiger partial charge is 0.311 e. The summed E-state index contributed by atoms with van der Waals surface area (Å²) in [6.07, 6.45) is 6.38. The fourth-order valence-electron chi connectivity index (χ4n) is 6.30. The third-order valence-corrected chi connectivity index (χ3v) is 7.60. The summed E-state index contributed by atoms with van der Waals surface area (Å²) < 4.78 is 5.14. The Balaban J connectivity index is 2.04. The van der Waals surface area contributed by atoms with E-state index in [1.54, 1.807) is 0 Å². The van der Waals surface area contributed by atoms with Gasteiger partial charge in [0.15, 0.2) is 5.78 Å². The normalized spacial score (nSPS) is 44.0. The zero-order valence-corrected chi connectivity index (χ0v) is 16.2. The Kier molecular flexibility index (Phi) is 4.42. The molecule has 2 fully saturated rings. The number of aliphatic hydroxyl groups is 1. The minimum Gasteiger partial charge on any atom is -0.469 e. The molecule has 0 aliphatic heterocycles. The van der Waals surface area contributed by atoms with Gasteiger partial charge >= 0.3 is 5.97 Å². The lowest BCUT2D eigenvalue weighted by Crippen LogP contribution is -2.61. The Hall–Kier alpha value is -1.16. The van der Waals surface area contributed by atoms with Crippen molar-refractivity contribution in [2.75, 3.05) is 7.11 Å². The summed E-state index contributed by atoms with van der Waals surface area (Å²) in [5.41, 5.74) is -0.892. The van der Waals surface area contributed by atoms with Gasteiger partial charge in [-0.15, -0.1) is 0 Å². The van der Waals surface area contributed by atoms with Crippen molar-refractivity contribution in [3.63, 3.8) is 0 Å². The molecule has 0 saturated heterocycles. The maximum atomic E-state index is 12.7. The van der Waals surface area contributed by atoms with E-state index in [2.05, 4.69) is 6.92 Å². The van der Waals surface area contributed by atoms with Crippen LogP contribution in [-0.2, 0) is 14.3 Å². The first-order chi connectivity index (χ1) is 11.6. The van der Waals surface area contributed by atoms with E-state index in [0.29, 0.717) is 12.8 Å². The van der Waals surface area contributed by atoms with Crippen molar-refractivity contribution in [1.29, 1.82) is 0 Å².